The van der Waals surface area contributed by atoms with Gasteiger partial charge in [0.25, 0.3) is 0 Å². The van der Waals surface area contributed by atoms with Gasteiger partial charge >= 0.3 is 0 Å². The normalized spacial score (nSPS) is 11.5. The summed E-state index contributed by atoms with van der Waals surface area (Å²) in [5, 5.41) is 14.0. The van der Waals surface area contributed by atoms with E-state index in [2.05, 4.69) is 20.4 Å². The summed E-state index contributed by atoms with van der Waals surface area (Å²) in [6.45, 7) is 1.35. The number of amides is 1. The summed E-state index contributed by atoms with van der Waals surface area (Å²) >= 11 is 3.26. The van der Waals surface area contributed by atoms with Gasteiger partial charge in [-0.3, -0.25) is 4.79 Å². The van der Waals surface area contributed by atoms with Crippen molar-refractivity contribution in [3.05, 3.63) is 34.3 Å². The Morgan fingerprint density at radius 2 is 2.30 bits per heavy atom. The highest BCUT2D eigenvalue weighted by molar-refractivity contribution is 7.99. The van der Waals surface area contributed by atoms with E-state index in [1.54, 1.807) is 29.2 Å². The second-order valence-electron chi connectivity index (χ2n) is 5.18. The number of nitrogens with one attached hydrogen (secondary N) is 1. The summed E-state index contributed by atoms with van der Waals surface area (Å²) in [5.74, 6) is 1.56. The SMILES string of the molecule is CN(C)CCSc1nnc(CNC(=O)/C=C/c2cccs2)n1C. The molecule has 0 saturated carbocycles. The second-order valence-corrected chi connectivity index (χ2v) is 7.22. The van der Waals surface area contributed by atoms with Crippen LogP contribution in [0.5, 0.6) is 0 Å². The third kappa shape index (κ3) is 5.81. The van der Waals surface area contributed by atoms with Gasteiger partial charge in [0.15, 0.2) is 11.0 Å². The Bertz CT molecular complexity index is 649. The van der Waals surface area contributed by atoms with Crippen LogP contribution in [0.3, 0.4) is 0 Å². The van der Waals surface area contributed by atoms with Crippen LogP contribution in [0, 0.1) is 0 Å². The number of aromatic nitrogens is 3. The minimum absolute atomic E-state index is 0.136. The van der Waals surface area contributed by atoms with E-state index in [0.29, 0.717) is 6.54 Å². The summed E-state index contributed by atoms with van der Waals surface area (Å²) in [6.07, 6.45) is 3.34. The first-order valence-corrected chi connectivity index (χ1v) is 9.08. The van der Waals surface area contributed by atoms with Crippen LogP contribution in [0.1, 0.15) is 10.7 Å². The number of carbonyl (C=O) groups excluding carboxylic acids is 1. The number of nitrogens with zero attached hydrogens (tertiary/aromatic N) is 4. The molecule has 0 fully saturated rings. The Labute approximate surface area is 144 Å². The van der Waals surface area contributed by atoms with Gasteiger partial charge in [-0.1, -0.05) is 17.8 Å². The van der Waals surface area contributed by atoms with Crippen LogP contribution >= 0.6 is 23.1 Å². The van der Waals surface area contributed by atoms with E-state index < -0.39 is 0 Å². The predicted octanol–water partition coefficient (Wildman–Crippen LogP) is 1.86. The predicted molar refractivity (Wildman–Crippen MR) is 95.5 cm³/mol. The molecule has 1 N–H and O–H groups in total. The Morgan fingerprint density at radius 3 is 3.00 bits per heavy atom. The van der Waals surface area contributed by atoms with Gasteiger partial charge in [0.1, 0.15) is 0 Å². The molecule has 8 heteroatoms. The molecule has 0 aromatic carbocycles. The maximum absolute atomic E-state index is 11.8. The van der Waals surface area contributed by atoms with Crippen LogP contribution in [-0.4, -0.2) is 52.0 Å². The average molecular weight is 352 g/mol. The molecule has 0 atom stereocenters. The number of hydrogen-bond acceptors (Lipinski definition) is 6. The Hall–Kier alpha value is -1.64. The fraction of sp³-hybridized carbons (Fsp3) is 0.400. The van der Waals surface area contributed by atoms with E-state index in [0.717, 1.165) is 28.2 Å². The highest BCUT2D eigenvalue weighted by atomic mass is 32.2. The second kappa shape index (κ2) is 8.85. The Kier molecular flexibility index (Phi) is 6.82. The summed E-state index contributed by atoms with van der Waals surface area (Å²) in [5.41, 5.74) is 0. The molecule has 0 saturated heterocycles. The average Bonchev–Trinajstić information content (AvgIpc) is 3.14. The van der Waals surface area contributed by atoms with E-state index in [1.165, 1.54) is 6.08 Å². The first-order chi connectivity index (χ1) is 11.1. The van der Waals surface area contributed by atoms with Gasteiger partial charge in [-0.2, -0.15) is 0 Å². The smallest absolute Gasteiger partial charge is 0.244 e. The molecule has 6 nitrogen and oxygen atoms in total. The zero-order valence-electron chi connectivity index (χ0n) is 13.5. The van der Waals surface area contributed by atoms with Crippen LogP contribution in [0.15, 0.2) is 28.7 Å². The van der Waals surface area contributed by atoms with E-state index in [9.17, 15) is 4.79 Å². The topological polar surface area (TPSA) is 63.1 Å². The molecule has 2 rings (SSSR count). The van der Waals surface area contributed by atoms with E-state index in [-0.39, 0.29) is 5.91 Å². The molecule has 2 aromatic heterocycles. The lowest BCUT2D eigenvalue weighted by Crippen LogP contribution is -2.22. The van der Waals surface area contributed by atoms with Crippen LogP contribution in [0.25, 0.3) is 6.08 Å². The molecular weight excluding hydrogens is 330 g/mol. The molecule has 23 heavy (non-hydrogen) atoms. The molecule has 0 bridgehead atoms. The largest absolute Gasteiger partial charge is 0.345 e. The van der Waals surface area contributed by atoms with Crippen molar-refractivity contribution in [2.24, 2.45) is 7.05 Å². The maximum atomic E-state index is 11.8. The first-order valence-electron chi connectivity index (χ1n) is 7.21. The van der Waals surface area contributed by atoms with Gasteiger partial charge in [0.2, 0.25) is 5.91 Å². The summed E-state index contributed by atoms with van der Waals surface area (Å²) < 4.78 is 1.92. The van der Waals surface area contributed by atoms with Crippen molar-refractivity contribution in [2.45, 2.75) is 11.7 Å². The molecular formula is C15H21N5OS2. The molecule has 124 valence electrons. The molecule has 0 spiro atoms. The highest BCUT2D eigenvalue weighted by Crippen LogP contribution is 2.15. The zero-order chi connectivity index (χ0) is 16.7. The van der Waals surface area contributed by atoms with Gasteiger partial charge in [-0.25, -0.2) is 0 Å². The standard InChI is InChI=1S/C15H21N5OS2/c1-19(2)8-10-23-15-18-17-13(20(15)3)11-16-14(21)7-6-12-5-4-9-22-12/h4-7,9H,8,10-11H2,1-3H3,(H,16,21)/b7-6+. The van der Waals surface area contributed by atoms with Crippen LogP contribution in [-0.2, 0) is 18.4 Å². The van der Waals surface area contributed by atoms with Crippen molar-refractivity contribution in [3.63, 3.8) is 0 Å². The lowest BCUT2D eigenvalue weighted by Gasteiger charge is -2.08. The van der Waals surface area contributed by atoms with E-state index in [4.69, 9.17) is 0 Å². The van der Waals surface area contributed by atoms with E-state index >= 15 is 0 Å². The third-order valence-corrected chi connectivity index (χ3v) is 4.90. The van der Waals surface area contributed by atoms with Crippen molar-refractivity contribution in [1.29, 1.82) is 0 Å². The third-order valence-electron chi connectivity index (χ3n) is 3.06. The van der Waals surface area contributed by atoms with Crippen molar-refractivity contribution in [1.82, 2.24) is 25.0 Å². The van der Waals surface area contributed by atoms with Gasteiger partial charge in [-0.15, -0.1) is 21.5 Å². The first kappa shape index (κ1) is 17.7. The van der Waals surface area contributed by atoms with E-state index in [1.807, 2.05) is 43.2 Å². The molecule has 1 amide bonds. The zero-order valence-corrected chi connectivity index (χ0v) is 15.2. The van der Waals surface area contributed by atoms with Gasteiger partial charge in [-0.05, 0) is 31.6 Å². The monoisotopic (exact) mass is 351 g/mol. The molecule has 0 unspecified atom stereocenters. The van der Waals surface area contributed by atoms with Crippen molar-refractivity contribution >= 4 is 35.1 Å². The molecule has 2 heterocycles. The summed E-state index contributed by atoms with van der Waals surface area (Å²) in [4.78, 5) is 15.0. The van der Waals surface area contributed by atoms with Crippen LogP contribution in [0.2, 0.25) is 0 Å². The lowest BCUT2D eigenvalue weighted by molar-refractivity contribution is -0.116. The lowest BCUT2D eigenvalue weighted by atomic mass is 10.4. The summed E-state index contributed by atoms with van der Waals surface area (Å²) in [6, 6.07) is 3.92. The van der Waals surface area contributed by atoms with Crippen LogP contribution < -0.4 is 5.32 Å². The van der Waals surface area contributed by atoms with Gasteiger partial charge in [0, 0.05) is 30.3 Å². The number of rotatable bonds is 8. The summed E-state index contributed by atoms with van der Waals surface area (Å²) in [7, 11) is 6.00. The molecule has 0 aliphatic carbocycles. The number of thiophene rings is 1. The Morgan fingerprint density at radius 1 is 1.48 bits per heavy atom. The van der Waals surface area contributed by atoms with Crippen molar-refractivity contribution in [3.8, 4) is 0 Å². The Balaban J connectivity index is 1.81. The van der Waals surface area contributed by atoms with Crippen molar-refractivity contribution < 1.29 is 4.79 Å². The maximum Gasteiger partial charge on any atom is 0.244 e. The van der Waals surface area contributed by atoms with Gasteiger partial charge < -0.3 is 14.8 Å². The minimum Gasteiger partial charge on any atom is -0.345 e. The highest BCUT2D eigenvalue weighted by Gasteiger charge is 2.09. The molecule has 2 aromatic rings. The molecule has 0 aliphatic rings. The number of thioether (sulfide) groups is 1. The number of hydrogen-bond donors (Lipinski definition) is 1. The minimum atomic E-state index is -0.136. The number of carbonyl (C=O) groups is 1. The molecule has 0 radical (unpaired) electrons. The van der Waals surface area contributed by atoms with Crippen LogP contribution in [0.4, 0.5) is 0 Å². The fourth-order valence-electron chi connectivity index (χ4n) is 1.71. The quantitative estimate of drug-likeness (QED) is 0.581. The van der Waals surface area contributed by atoms with Gasteiger partial charge in [0.05, 0.1) is 6.54 Å². The fourth-order valence-corrected chi connectivity index (χ4v) is 3.37. The molecule has 0 aliphatic heterocycles. The van der Waals surface area contributed by atoms with Crippen molar-refractivity contribution in [2.75, 3.05) is 26.4 Å².